The van der Waals surface area contributed by atoms with Gasteiger partial charge in [-0.2, -0.15) is 0 Å². The Morgan fingerprint density at radius 3 is 2.78 bits per heavy atom. The third kappa shape index (κ3) is 3.89. The molecule has 0 aromatic carbocycles. The van der Waals surface area contributed by atoms with Gasteiger partial charge in [0.15, 0.2) is 4.96 Å². The number of imidazole rings is 1. The Hall–Kier alpha value is -1.49. The van der Waals surface area contributed by atoms with E-state index in [4.69, 9.17) is 4.74 Å². The lowest BCUT2D eigenvalue weighted by atomic mass is 9.77. The van der Waals surface area contributed by atoms with Crippen LogP contribution in [0.15, 0.2) is 17.8 Å². The van der Waals surface area contributed by atoms with Crippen LogP contribution < -0.4 is 5.32 Å². The molecular formula is C17H24N4O4S2. The van der Waals surface area contributed by atoms with Gasteiger partial charge >= 0.3 is 0 Å². The number of nitrogens with one attached hydrogen (secondary N) is 1. The maximum absolute atomic E-state index is 12.5. The number of sulfonamides is 1. The molecule has 0 radical (unpaired) electrons. The minimum absolute atomic E-state index is 0.0794. The Bertz CT molecular complexity index is 909. The quantitative estimate of drug-likeness (QED) is 0.782. The molecule has 10 heteroatoms. The molecule has 2 aliphatic rings. The number of ether oxygens (including phenoxy) is 1. The number of thiazole rings is 1. The number of methoxy groups -OCH3 is 1. The molecule has 2 fully saturated rings. The molecular weight excluding hydrogens is 388 g/mol. The molecule has 4 atom stereocenters. The minimum atomic E-state index is -3.18. The van der Waals surface area contributed by atoms with Crippen molar-refractivity contribution < 1.29 is 17.9 Å². The molecule has 1 aliphatic carbocycles. The summed E-state index contributed by atoms with van der Waals surface area (Å²) in [6.45, 7) is 1.08. The zero-order valence-electron chi connectivity index (χ0n) is 15.4. The molecule has 1 N–H and O–H groups in total. The monoisotopic (exact) mass is 412 g/mol. The smallest absolute Gasteiger partial charge is 0.226 e. The van der Waals surface area contributed by atoms with Gasteiger partial charge in [-0.25, -0.2) is 17.7 Å². The van der Waals surface area contributed by atoms with Crippen LogP contribution in [-0.4, -0.2) is 66.6 Å². The Balaban J connectivity index is 1.40. The summed E-state index contributed by atoms with van der Waals surface area (Å²) in [5, 5.41) is 5.05. The number of nitrogens with zero attached hydrogens (tertiary/aromatic N) is 3. The highest BCUT2D eigenvalue weighted by Gasteiger charge is 2.44. The van der Waals surface area contributed by atoms with E-state index < -0.39 is 10.0 Å². The molecule has 4 rings (SSSR count). The van der Waals surface area contributed by atoms with Crippen LogP contribution in [-0.2, 0) is 26.0 Å². The van der Waals surface area contributed by atoms with Gasteiger partial charge in [-0.15, -0.1) is 11.3 Å². The lowest BCUT2D eigenvalue weighted by Crippen LogP contribution is -2.50. The molecule has 0 spiro atoms. The minimum Gasteiger partial charge on any atom is -0.379 e. The van der Waals surface area contributed by atoms with Gasteiger partial charge in [-0.05, 0) is 24.7 Å². The van der Waals surface area contributed by atoms with Crippen LogP contribution in [0.4, 0.5) is 0 Å². The summed E-state index contributed by atoms with van der Waals surface area (Å²) in [5.41, 5.74) is 0.742. The van der Waals surface area contributed by atoms with Crippen LogP contribution in [0.25, 0.3) is 4.96 Å². The third-order valence-corrected chi connectivity index (χ3v) is 7.69. The topological polar surface area (TPSA) is 93.0 Å². The van der Waals surface area contributed by atoms with E-state index >= 15 is 0 Å². The number of carbonyl (C=O) groups is 1. The normalized spacial score (nSPS) is 29.1. The van der Waals surface area contributed by atoms with Crippen molar-refractivity contribution in [2.24, 2.45) is 11.8 Å². The summed E-state index contributed by atoms with van der Waals surface area (Å²) in [6.07, 6.45) is 6.68. The number of fused-ring (bicyclic) bond motifs is 2. The summed E-state index contributed by atoms with van der Waals surface area (Å²) in [5.74, 6) is 0.469. The van der Waals surface area contributed by atoms with Crippen LogP contribution in [0.1, 0.15) is 18.5 Å². The van der Waals surface area contributed by atoms with Crippen LogP contribution >= 0.6 is 11.3 Å². The van der Waals surface area contributed by atoms with E-state index in [0.29, 0.717) is 13.1 Å². The predicted molar refractivity (Wildman–Crippen MR) is 102 cm³/mol. The zero-order valence-corrected chi connectivity index (χ0v) is 17.0. The highest BCUT2D eigenvalue weighted by Crippen LogP contribution is 2.38. The average molecular weight is 413 g/mol. The van der Waals surface area contributed by atoms with Crippen molar-refractivity contribution in [2.45, 2.75) is 31.4 Å². The SMILES string of the molecule is CO[C@H]1C[C@@H]2CN(S(C)(=O)=O)C[C@@H]2C[C@@H]1NC(=O)Cc1cn2ccsc2n1. The molecule has 148 valence electrons. The summed E-state index contributed by atoms with van der Waals surface area (Å²) in [6, 6.07) is -0.105. The highest BCUT2D eigenvalue weighted by atomic mass is 32.2. The van der Waals surface area contributed by atoms with Gasteiger partial charge < -0.3 is 10.1 Å². The molecule has 3 heterocycles. The largest absolute Gasteiger partial charge is 0.379 e. The van der Waals surface area contributed by atoms with Crippen LogP contribution in [0.5, 0.6) is 0 Å². The van der Waals surface area contributed by atoms with E-state index in [-0.39, 0.29) is 36.3 Å². The van der Waals surface area contributed by atoms with Crippen molar-refractivity contribution in [1.29, 1.82) is 0 Å². The van der Waals surface area contributed by atoms with Crippen molar-refractivity contribution in [3.8, 4) is 0 Å². The number of carbonyl (C=O) groups excluding carboxylic acids is 1. The summed E-state index contributed by atoms with van der Waals surface area (Å²) >= 11 is 1.53. The van der Waals surface area contributed by atoms with Gasteiger partial charge in [0.25, 0.3) is 0 Å². The zero-order chi connectivity index (χ0) is 19.2. The van der Waals surface area contributed by atoms with Gasteiger partial charge in [0.05, 0.1) is 30.5 Å². The molecule has 0 bridgehead atoms. The van der Waals surface area contributed by atoms with Crippen molar-refractivity contribution in [3.63, 3.8) is 0 Å². The molecule has 8 nitrogen and oxygen atoms in total. The van der Waals surface area contributed by atoms with Crippen LogP contribution in [0.3, 0.4) is 0 Å². The fourth-order valence-corrected chi connectivity index (χ4v) is 5.98. The first-order valence-corrected chi connectivity index (χ1v) is 11.7. The standard InChI is InChI=1S/C17H24N4O4S2/c1-25-15-6-12-9-21(27(2,23)24)8-11(12)5-14(15)19-16(22)7-13-10-20-3-4-26-17(20)18-13/h3-4,10-12,14-15H,5-9H2,1-2H3,(H,19,22)/t11-,12+,14-,15-/m0/s1. The van der Waals surface area contributed by atoms with Crippen LogP contribution in [0.2, 0.25) is 0 Å². The van der Waals surface area contributed by atoms with Crippen LogP contribution in [0, 0.1) is 11.8 Å². The lowest BCUT2D eigenvalue weighted by Gasteiger charge is -2.37. The molecule has 2 aromatic rings. The number of hydrogen-bond donors (Lipinski definition) is 1. The second-order valence-corrected chi connectivity index (χ2v) is 10.4. The van der Waals surface area contributed by atoms with Crippen molar-refractivity contribution in [2.75, 3.05) is 26.5 Å². The Labute approximate surface area is 162 Å². The highest BCUT2D eigenvalue weighted by molar-refractivity contribution is 7.88. The Kier molecular flexibility index (Phi) is 5.00. The Morgan fingerprint density at radius 1 is 1.37 bits per heavy atom. The summed E-state index contributed by atoms with van der Waals surface area (Å²) in [7, 11) is -1.53. The van der Waals surface area contributed by atoms with Gasteiger partial charge in [-0.1, -0.05) is 0 Å². The second-order valence-electron chi connectivity index (χ2n) is 7.52. The number of aromatic nitrogens is 2. The van der Waals surface area contributed by atoms with Crippen molar-refractivity contribution in [1.82, 2.24) is 19.0 Å². The molecule has 27 heavy (non-hydrogen) atoms. The van der Waals surface area contributed by atoms with E-state index in [9.17, 15) is 13.2 Å². The molecule has 1 aliphatic heterocycles. The first-order valence-electron chi connectivity index (χ1n) is 9.02. The van der Waals surface area contributed by atoms with E-state index in [1.54, 1.807) is 11.4 Å². The predicted octanol–water partition coefficient (Wildman–Crippen LogP) is 0.740. The lowest BCUT2D eigenvalue weighted by molar-refractivity contribution is -0.123. The van der Waals surface area contributed by atoms with Gasteiger partial charge in [0, 0.05) is 38.0 Å². The molecule has 1 saturated heterocycles. The van der Waals surface area contributed by atoms with Crippen molar-refractivity contribution >= 4 is 32.2 Å². The Morgan fingerprint density at radius 2 is 2.11 bits per heavy atom. The fraction of sp³-hybridized carbons (Fsp3) is 0.647. The maximum Gasteiger partial charge on any atom is 0.226 e. The van der Waals surface area contributed by atoms with E-state index in [1.165, 1.54) is 17.6 Å². The van der Waals surface area contributed by atoms with E-state index in [2.05, 4.69) is 10.3 Å². The molecule has 1 amide bonds. The maximum atomic E-state index is 12.5. The first kappa shape index (κ1) is 18.9. The number of rotatable bonds is 5. The van der Waals surface area contributed by atoms with Gasteiger partial charge in [0.2, 0.25) is 15.9 Å². The molecule has 0 unspecified atom stereocenters. The third-order valence-electron chi connectivity index (χ3n) is 5.69. The fourth-order valence-electron chi connectivity index (χ4n) is 4.34. The van der Waals surface area contributed by atoms with Crippen molar-refractivity contribution in [3.05, 3.63) is 23.5 Å². The van der Waals surface area contributed by atoms with Gasteiger partial charge in [0.1, 0.15) is 0 Å². The van der Waals surface area contributed by atoms with E-state index in [0.717, 1.165) is 23.5 Å². The van der Waals surface area contributed by atoms with E-state index in [1.807, 2.05) is 22.2 Å². The molecule has 1 saturated carbocycles. The first-order chi connectivity index (χ1) is 12.8. The number of amides is 1. The number of hydrogen-bond acceptors (Lipinski definition) is 6. The second kappa shape index (κ2) is 7.16. The average Bonchev–Trinajstić information content (AvgIpc) is 3.26. The molecule has 2 aromatic heterocycles. The summed E-state index contributed by atoms with van der Waals surface area (Å²) < 4.78 is 32.8. The summed E-state index contributed by atoms with van der Waals surface area (Å²) in [4.78, 5) is 17.9. The van der Waals surface area contributed by atoms with Gasteiger partial charge in [-0.3, -0.25) is 9.20 Å².